The molecule has 1 unspecified atom stereocenters. The fourth-order valence-corrected chi connectivity index (χ4v) is 2.70. The lowest BCUT2D eigenvalue weighted by Gasteiger charge is -2.10. The summed E-state index contributed by atoms with van der Waals surface area (Å²) < 4.78 is 4.64. The number of likely N-dealkylation sites (N-methyl/N-ethyl adjacent to an activating group) is 1. The van der Waals surface area contributed by atoms with Crippen molar-refractivity contribution in [3.8, 4) is 0 Å². The van der Waals surface area contributed by atoms with Crippen LogP contribution < -0.4 is 5.32 Å². The van der Waals surface area contributed by atoms with E-state index in [2.05, 4.69) is 15.0 Å². The Morgan fingerprint density at radius 1 is 1.61 bits per heavy atom. The highest BCUT2D eigenvalue weighted by molar-refractivity contribution is 7.15. The molecule has 1 aliphatic rings. The number of hydrogen-bond donors (Lipinski definition) is 1. The quantitative estimate of drug-likeness (QED) is 0.825. The average molecular weight is 269 g/mol. The first-order chi connectivity index (χ1) is 8.52. The van der Waals surface area contributed by atoms with Crippen molar-refractivity contribution < 1.29 is 14.3 Å². The van der Waals surface area contributed by atoms with E-state index in [-0.39, 0.29) is 11.9 Å². The first kappa shape index (κ1) is 12.8. The van der Waals surface area contributed by atoms with Crippen molar-refractivity contribution in [2.45, 2.75) is 19.4 Å². The number of esters is 1. The number of aromatic nitrogens is 1. The molecular formula is C11H15N3O3S. The number of thiazole rings is 1. The van der Waals surface area contributed by atoms with E-state index in [0.29, 0.717) is 10.8 Å². The Balaban J connectivity index is 2.11. The van der Waals surface area contributed by atoms with Crippen LogP contribution in [0.4, 0.5) is 5.13 Å². The van der Waals surface area contributed by atoms with Gasteiger partial charge < -0.3 is 15.0 Å². The second-order valence-electron chi connectivity index (χ2n) is 4.16. The van der Waals surface area contributed by atoms with Gasteiger partial charge in [0.05, 0.1) is 7.11 Å². The summed E-state index contributed by atoms with van der Waals surface area (Å²) in [6, 6.07) is -0.244. The number of nitrogens with one attached hydrogen (secondary N) is 1. The van der Waals surface area contributed by atoms with Crippen LogP contribution in [0.2, 0.25) is 0 Å². The third kappa shape index (κ3) is 2.31. The minimum absolute atomic E-state index is 0.0578. The molecule has 1 atom stereocenters. The first-order valence-corrected chi connectivity index (χ1v) is 6.42. The van der Waals surface area contributed by atoms with E-state index in [1.807, 2.05) is 0 Å². The highest BCUT2D eigenvalue weighted by atomic mass is 32.1. The predicted molar refractivity (Wildman–Crippen MR) is 67.9 cm³/mol. The molecule has 1 saturated heterocycles. The molecule has 1 fully saturated rings. The summed E-state index contributed by atoms with van der Waals surface area (Å²) in [4.78, 5) is 29.8. The van der Waals surface area contributed by atoms with E-state index < -0.39 is 5.97 Å². The number of anilines is 1. The number of methoxy groups -OCH3 is 1. The van der Waals surface area contributed by atoms with E-state index in [1.54, 1.807) is 18.9 Å². The van der Waals surface area contributed by atoms with Crippen molar-refractivity contribution in [3.05, 3.63) is 10.6 Å². The van der Waals surface area contributed by atoms with Gasteiger partial charge in [-0.1, -0.05) is 0 Å². The molecule has 0 saturated carbocycles. The molecule has 1 amide bonds. The van der Waals surface area contributed by atoms with Crippen molar-refractivity contribution in [2.75, 3.05) is 26.0 Å². The number of carbonyl (C=O) groups is 2. The summed E-state index contributed by atoms with van der Waals surface area (Å²) >= 11 is 1.35. The number of amides is 1. The molecule has 1 N–H and O–H groups in total. The van der Waals surface area contributed by atoms with Crippen molar-refractivity contribution in [1.29, 1.82) is 0 Å². The Bertz CT molecular complexity index is 486. The lowest BCUT2D eigenvalue weighted by molar-refractivity contribution is -0.127. The van der Waals surface area contributed by atoms with Gasteiger partial charge in [0, 0.05) is 18.5 Å². The van der Waals surface area contributed by atoms with Crippen LogP contribution in [-0.2, 0) is 9.53 Å². The number of aryl methyl sites for hydroxylation is 1. The monoisotopic (exact) mass is 269 g/mol. The highest BCUT2D eigenvalue weighted by Gasteiger charge is 2.30. The summed E-state index contributed by atoms with van der Waals surface area (Å²) in [6.45, 7) is 2.54. The molecule has 2 rings (SSSR count). The van der Waals surface area contributed by atoms with Gasteiger partial charge in [0.25, 0.3) is 0 Å². The molecule has 0 radical (unpaired) electrons. The zero-order chi connectivity index (χ0) is 13.3. The van der Waals surface area contributed by atoms with Crippen molar-refractivity contribution in [2.24, 2.45) is 0 Å². The molecule has 6 nitrogen and oxygen atoms in total. The van der Waals surface area contributed by atoms with Crippen LogP contribution in [0.5, 0.6) is 0 Å². The molecule has 1 aromatic rings. The molecule has 0 spiro atoms. The predicted octanol–water partition coefficient (Wildman–Crippen LogP) is 0.881. The van der Waals surface area contributed by atoms with Crippen LogP contribution >= 0.6 is 11.3 Å². The molecule has 0 aromatic carbocycles. The number of likely N-dealkylation sites (tertiary alicyclic amines) is 1. The van der Waals surface area contributed by atoms with Gasteiger partial charge in [0.2, 0.25) is 5.91 Å². The Morgan fingerprint density at radius 2 is 2.33 bits per heavy atom. The average Bonchev–Trinajstić information content (AvgIpc) is 2.86. The van der Waals surface area contributed by atoms with Gasteiger partial charge in [-0.05, 0) is 13.3 Å². The van der Waals surface area contributed by atoms with Crippen LogP contribution in [0.15, 0.2) is 0 Å². The number of nitrogens with zero attached hydrogens (tertiary/aromatic N) is 2. The maximum absolute atomic E-state index is 11.7. The fraction of sp³-hybridized carbons (Fsp3) is 0.545. The molecule has 0 aliphatic carbocycles. The van der Waals surface area contributed by atoms with Gasteiger partial charge in [0.15, 0.2) is 10.8 Å². The zero-order valence-electron chi connectivity index (χ0n) is 10.5. The summed E-state index contributed by atoms with van der Waals surface area (Å²) in [5.74, 6) is -0.394. The van der Waals surface area contributed by atoms with Crippen LogP contribution in [0.1, 0.15) is 21.8 Å². The molecule has 2 heterocycles. The smallest absolute Gasteiger partial charge is 0.357 e. The van der Waals surface area contributed by atoms with Crippen molar-refractivity contribution in [3.63, 3.8) is 0 Å². The van der Waals surface area contributed by atoms with E-state index in [9.17, 15) is 9.59 Å². The lowest BCUT2D eigenvalue weighted by Crippen LogP contribution is -2.30. The first-order valence-electron chi connectivity index (χ1n) is 5.60. The van der Waals surface area contributed by atoms with Gasteiger partial charge in [-0.2, -0.15) is 0 Å². The Labute approximate surface area is 109 Å². The highest BCUT2D eigenvalue weighted by Crippen LogP contribution is 2.25. The summed E-state index contributed by atoms with van der Waals surface area (Å²) in [7, 11) is 3.10. The molecule has 1 aliphatic heterocycles. The van der Waals surface area contributed by atoms with E-state index >= 15 is 0 Å². The maximum atomic E-state index is 11.7. The SMILES string of the molecule is COC(=O)c1nc(NC2CCN(C)C2=O)sc1C. The van der Waals surface area contributed by atoms with E-state index in [4.69, 9.17) is 0 Å². The summed E-state index contributed by atoms with van der Waals surface area (Å²) in [5, 5.41) is 3.65. The number of carbonyl (C=O) groups excluding carboxylic acids is 2. The Kier molecular flexibility index (Phi) is 3.51. The molecule has 0 bridgehead atoms. The van der Waals surface area contributed by atoms with Crippen LogP contribution in [0, 0.1) is 6.92 Å². The van der Waals surface area contributed by atoms with Gasteiger partial charge in [-0.25, -0.2) is 9.78 Å². The molecule has 1 aromatic heterocycles. The zero-order valence-corrected chi connectivity index (χ0v) is 11.3. The van der Waals surface area contributed by atoms with E-state index in [0.717, 1.165) is 17.8 Å². The van der Waals surface area contributed by atoms with Crippen LogP contribution in [-0.4, -0.2) is 48.5 Å². The molecule has 7 heteroatoms. The fourth-order valence-electron chi connectivity index (χ4n) is 1.85. The van der Waals surface area contributed by atoms with E-state index in [1.165, 1.54) is 18.4 Å². The normalized spacial score (nSPS) is 19.2. The van der Waals surface area contributed by atoms with Crippen molar-refractivity contribution >= 4 is 28.3 Å². The Hall–Kier alpha value is -1.63. The second-order valence-corrected chi connectivity index (χ2v) is 5.36. The van der Waals surface area contributed by atoms with Crippen LogP contribution in [0.25, 0.3) is 0 Å². The van der Waals surface area contributed by atoms with Gasteiger partial charge in [0.1, 0.15) is 6.04 Å². The topological polar surface area (TPSA) is 71.5 Å². The van der Waals surface area contributed by atoms with Gasteiger partial charge in [-0.15, -0.1) is 11.3 Å². The largest absolute Gasteiger partial charge is 0.464 e. The molecular weight excluding hydrogens is 254 g/mol. The lowest BCUT2D eigenvalue weighted by atomic mass is 10.2. The van der Waals surface area contributed by atoms with Gasteiger partial charge in [-0.3, -0.25) is 4.79 Å². The van der Waals surface area contributed by atoms with Gasteiger partial charge >= 0.3 is 5.97 Å². The van der Waals surface area contributed by atoms with Crippen molar-refractivity contribution in [1.82, 2.24) is 9.88 Å². The molecule has 18 heavy (non-hydrogen) atoms. The minimum Gasteiger partial charge on any atom is -0.464 e. The minimum atomic E-state index is -0.452. The Morgan fingerprint density at radius 3 is 2.89 bits per heavy atom. The standard InChI is InChI=1S/C11H15N3O3S/c1-6-8(10(16)17-3)13-11(18-6)12-7-4-5-14(2)9(7)15/h7H,4-5H2,1-3H3,(H,12,13). The third-order valence-corrected chi connectivity index (χ3v) is 3.80. The maximum Gasteiger partial charge on any atom is 0.357 e. The number of rotatable bonds is 3. The molecule has 98 valence electrons. The third-order valence-electron chi connectivity index (χ3n) is 2.90. The number of hydrogen-bond acceptors (Lipinski definition) is 6. The summed E-state index contributed by atoms with van der Waals surface area (Å²) in [5.41, 5.74) is 0.309. The second kappa shape index (κ2) is 4.93. The summed E-state index contributed by atoms with van der Waals surface area (Å²) in [6.07, 6.45) is 0.752. The number of ether oxygens (including phenoxy) is 1. The van der Waals surface area contributed by atoms with Crippen LogP contribution in [0.3, 0.4) is 0 Å².